The first-order valence-corrected chi connectivity index (χ1v) is 10.5. The summed E-state index contributed by atoms with van der Waals surface area (Å²) in [6.45, 7) is 1.94. The fourth-order valence-electron chi connectivity index (χ4n) is 3.29. The largest absolute Gasteiger partial charge is 0.439 e. The van der Waals surface area contributed by atoms with E-state index in [0.717, 1.165) is 49.2 Å². The summed E-state index contributed by atoms with van der Waals surface area (Å²) >= 11 is 0. The zero-order chi connectivity index (χ0) is 19.0. The van der Waals surface area contributed by atoms with Crippen molar-refractivity contribution >= 4 is 20.7 Å². The minimum Gasteiger partial charge on any atom is -0.439 e. The van der Waals surface area contributed by atoms with Crippen molar-refractivity contribution in [3.05, 3.63) is 42.5 Å². The van der Waals surface area contributed by atoms with Crippen molar-refractivity contribution in [3.8, 4) is 11.6 Å². The molecule has 3 heterocycles. The topological polar surface area (TPSA) is 86.1 Å². The summed E-state index contributed by atoms with van der Waals surface area (Å²) in [5, 5.41) is 8.70. The average molecular weight is 390 g/mol. The Hall–Kier alpha value is -2.52. The molecular weight excluding hydrogens is 371 g/mol. The molecule has 1 N–H and O–H groups in total. The van der Waals surface area contributed by atoms with Crippen LogP contribution >= 0.6 is 0 Å². The van der Waals surface area contributed by atoms with E-state index in [-0.39, 0.29) is 10.6 Å². The lowest BCUT2D eigenvalue weighted by Crippen LogP contribution is -2.29. The number of pyridine rings is 1. The number of sulfone groups is 1. The second-order valence-electron chi connectivity index (χ2n) is 6.62. The maximum atomic E-state index is 14.0. The van der Waals surface area contributed by atoms with Crippen molar-refractivity contribution in [2.45, 2.75) is 23.8 Å². The van der Waals surface area contributed by atoms with E-state index in [1.807, 2.05) is 4.68 Å². The van der Waals surface area contributed by atoms with Crippen molar-refractivity contribution in [1.82, 2.24) is 20.1 Å². The van der Waals surface area contributed by atoms with E-state index < -0.39 is 15.7 Å². The van der Waals surface area contributed by atoms with E-state index >= 15 is 0 Å². The van der Waals surface area contributed by atoms with Crippen LogP contribution in [0.4, 0.5) is 4.39 Å². The van der Waals surface area contributed by atoms with E-state index in [4.69, 9.17) is 4.74 Å². The Morgan fingerprint density at radius 1 is 1.22 bits per heavy atom. The highest BCUT2D eigenvalue weighted by molar-refractivity contribution is 7.90. The van der Waals surface area contributed by atoms with Gasteiger partial charge < -0.3 is 10.1 Å². The highest BCUT2D eigenvalue weighted by Gasteiger charge is 2.18. The number of piperidine rings is 1. The third-order valence-electron chi connectivity index (χ3n) is 4.64. The minimum absolute atomic E-state index is 0.178. The van der Waals surface area contributed by atoms with Gasteiger partial charge in [0.05, 0.1) is 24.0 Å². The maximum absolute atomic E-state index is 14.0. The molecule has 1 saturated heterocycles. The fraction of sp³-hybridized carbons (Fsp3) is 0.333. The molecule has 0 aliphatic carbocycles. The van der Waals surface area contributed by atoms with E-state index in [0.29, 0.717) is 11.9 Å². The number of hydrogen-bond acceptors (Lipinski definition) is 6. The Morgan fingerprint density at radius 3 is 2.70 bits per heavy atom. The fourth-order valence-corrected chi connectivity index (χ4v) is 4.02. The molecule has 9 heteroatoms. The van der Waals surface area contributed by atoms with Gasteiger partial charge in [-0.2, -0.15) is 5.10 Å². The smallest absolute Gasteiger partial charge is 0.219 e. The Labute approximate surface area is 156 Å². The summed E-state index contributed by atoms with van der Waals surface area (Å²) in [7, 11) is -3.62. The van der Waals surface area contributed by atoms with Gasteiger partial charge in [0.15, 0.2) is 9.84 Å². The Kier molecular flexibility index (Phi) is 4.56. The number of hydrogen-bond donors (Lipinski definition) is 1. The monoisotopic (exact) mass is 390 g/mol. The molecule has 27 heavy (non-hydrogen) atoms. The lowest BCUT2D eigenvalue weighted by Gasteiger charge is -2.23. The SMILES string of the molecule is CS(=O)(=O)c1ccc(Oc2cc3cnn(C4CCNCC4)c3cn2)cc1F. The van der Waals surface area contributed by atoms with Crippen LogP contribution in [0.3, 0.4) is 0 Å². The van der Waals surface area contributed by atoms with Crippen LogP contribution in [0.25, 0.3) is 10.9 Å². The Bertz CT molecular complexity index is 1090. The molecule has 7 nitrogen and oxygen atoms in total. The van der Waals surface area contributed by atoms with Crippen LogP contribution in [0, 0.1) is 5.82 Å². The first-order chi connectivity index (χ1) is 12.9. The van der Waals surface area contributed by atoms with Crippen LogP contribution in [0.1, 0.15) is 18.9 Å². The number of aromatic nitrogens is 3. The number of halogens is 1. The van der Waals surface area contributed by atoms with E-state index in [1.54, 1.807) is 18.5 Å². The minimum atomic E-state index is -3.62. The number of fused-ring (bicyclic) bond motifs is 1. The van der Waals surface area contributed by atoms with Gasteiger partial charge in [-0.15, -0.1) is 0 Å². The van der Waals surface area contributed by atoms with Gasteiger partial charge in [0.2, 0.25) is 5.88 Å². The van der Waals surface area contributed by atoms with Gasteiger partial charge in [-0.3, -0.25) is 4.68 Å². The molecule has 0 saturated carbocycles. The molecular formula is C18H19FN4O3S. The molecule has 0 spiro atoms. The summed E-state index contributed by atoms with van der Waals surface area (Å²) < 4.78 is 44.6. The number of benzene rings is 1. The second-order valence-corrected chi connectivity index (χ2v) is 8.60. The summed E-state index contributed by atoms with van der Waals surface area (Å²) in [6, 6.07) is 5.72. The van der Waals surface area contributed by atoms with Crippen molar-refractivity contribution in [1.29, 1.82) is 0 Å². The highest BCUT2D eigenvalue weighted by Crippen LogP contribution is 2.28. The average Bonchev–Trinajstić information content (AvgIpc) is 3.04. The van der Waals surface area contributed by atoms with Crippen LogP contribution in [-0.2, 0) is 9.84 Å². The predicted molar refractivity (Wildman–Crippen MR) is 98.3 cm³/mol. The van der Waals surface area contributed by atoms with Crippen LogP contribution in [0.15, 0.2) is 41.6 Å². The Balaban J connectivity index is 1.59. The van der Waals surface area contributed by atoms with Crippen molar-refractivity contribution in [3.63, 3.8) is 0 Å². The van der Waals surface area contributed by atoms with Crippen LogP contribution in [0.5, 0.6) is 11.6 Å². The van der Waals surface area contributed by atoms with E-state index in [2.05, 4.69) is 15.4 Å². The van der Waals surface area contributed by atoms with Crippen molar-refractivity contribution in [2.24, 2.45) is 0 Å². The first kappa shape index (κ1) is 17.9. The zero-order valence-corrected chi connectivity index (χ0v) is 15.5. The number of ether oxygens (including phenoxy) is 1. The van der Waals surface area contributed by atoms with Gasteiger partial charge in [0.25, 0.3) is 0 Å². The lowest BCUT2D eigenvalue weighted by atomic mass is 10.1. The third-order valence-corrected chi connectivity index (χ3v) is 5.77. The van der Waals surface area contributed by atoms with Crippen molar-refractivity contribution < 1.29 is 17.5 Å². The standard InChI is InChI=1S/C18H19FN4O3S/c1-27(24,25)17-3-2-14(9-15(17)19)26-18-8-12-10-22-23(16(12)11-21-18)13-4-6-20-7-5-13/h2-3,8-11,13,20H,4-7H2,1H3. The molecule has 142 valence electrons. The second kappa shape index (κ2) is 6.90. The Morgan fingerprint density at radius 2 is 2.00 bits per heavy atom. The van der Waals surface area contributed by atoms with Gasteiger partial charge in [-0.05, 0) is 38.1 Å². The number of rotatable bonds is 4. The van der Waals surface area contributed by atoms with Gasteiger partial charge in [0, 0.05) is 23.8 Å². The molecule has 0 bridgehead atoms. The molecule has 0 unspecified atom stereocenters. The van der Waals surface area contributed by atoms with E-state index in [9.17, 15) is 12.8 Å². The normalized spacial score (nSPS) is 15.9. The highest BCUT2D eigenvalue weighted by atomic mass is 32.2. The summed E-state index contributed by atoms with van der Waals surface area (Å²) in [5.74, 6) is -0.383. The van der Waals surface area contributed by atoms with Crippen LogP contribution < -0.4 is 10.1 Å². The zero-order valence-electron chi connectivity index (χ0n) is 14.7. The molecule has 1 aromatic carbocycles. The molecule has 0 atom stereocenters. The van der Waals surface area contributed by atoms with Gasteiger partial charge in [0.1, 0.15) is 16.5 Å². The van der Waals surface area contributed by atoms with Crippen LogP contribution in [0.2, 0.25) is 0 Å². The summed E-state index contributed by atoms with van der Waals surface area (Å²) in [6.07, 6.45) is 6.45. The van der Waals surface area contributed by atoms with Crippen molar-refractivity contribution in [2.75, 3.05) is 19.3 Å². The van der Waals surface area contributed by atoms with Gasteiger partial charge >= 0.3 is 0 Å². The molecule has 0 radical (unpaired) electrons. The number of nitrogens with zero attached hydrogens (tertiary/aromatic N) is 3. The molecule has 1 aliphatic heterocycles. The lowest BCUT2D eigenvalue weighted by molar-refractivity contribution is 0.351. The molecule has 0 amide bonds. The molecule has 2 aromatic heterocycles. The van der Waals surface area contributed by atoms with Gasteiger partial charge in [-0.1, -0.05) is 0 Å². The maximum Gasteiger partial charge on any atom is 0.219 e. The molecule has 3 aromatic rings. The van der Waals surface area contributed by atoms with E-state index in [1.165, 1.54) is 12.1 Å². The summed E-state index contributed by atoms with van der Waals surface area (Å²) in [4.78, 5) is 3.93. The predicted octanol–water partition coefficient (Wildman–Crippen LogP) is 2.69. The third kappa shape index (κ3) is 3.65. The molecule has 1 aliphatic rings. The molecule has 1 fully saturated rings. The first-order valence-electron chi connectivity index (χ1n) is 8.63. The quantitative estimate of drug-likeness (QED) is 0.737. The van der Waals surface area contributed by atoms with Crippen LogP contribution in [-0.4, -0.2) is 42.5 Å². The molecule has 4 rings (SSSR count). The number of nitrogens with one attached hydrogen (secondary N) is 1. The van der Waals surface area contributed by atoms with Gasteiger partial charge in [-0.25, -0.2) is 17.8 Å². The summed E-state index contributed by atoms with van der Waals surface area (Å²) in [5.41, 5.74) is 0.924.